The van der Waals surface area contributed by atoms with E-state index in [9.17, 15) is 14.4 Å². The van der Waals surface area contributed by atoms with Crippen molar-refractivity contribution in [3.8, 4) is 11.3 Å². The molecule has 2 aliphatic carbocycles. The highest BCUT2D eigenvalue weighted by Crippen LogP contribution is 2.43. The fraction of sp³-hybridized carbons (Fsp3) is 0.292. The van der Waals surface area contributed by atoms with E-state index >= 15 is 0 Å². The molecule has 460 valence electrons. The summed E-state index contributed by atoms with van der Waals surface area (Å²) in [6, 6.07) is 51.6. The minimum Gasteiger partial charge on any atom is -0.465 e. The zero-order valence-corrected chi connectivity index (χ0v) is 51.3. The normalized spacial score (nSPS) is 17.3. The van der Waals surface area contributed by atoms with E-state index in [0.717, 1.165) is 166 Å². The van der Waals surface area contributed by atoms with Gasteiger partial charge in [0.15, 0.2) is 0 Å². The van der Waals surface area contributed by atoms with Gasteiger partial charge in [-0.3, -0.25) is 9.89 Å². The third kappa shape index (κ3) is 14.5. The summed E-state index contributed by atoms with van der Waals surface area (Å²) in [5.41, 5.74) is 13.8. The average Bonchev–Trinajstić information content (AvgIpc) is 0.842. The number of ether oxygens (including phenoxy) is 1. The molecular formula is C72H78N14O4. The van der Waals surface area contributed by atoms with Gasteiger partial charge < -0.3 is 51.3 Å². The van der Waals surface area contributed by atoms with Crippen molar-refractivity contribution in [2.45, 2.75) is 43.9 Å². The number of piperazine rings is 2. The maximum absolute atomic E-state index is 13.7. The van der Waals surface area contributed by atoms with Gasteiger partial charge in [-0.05, 0) is 139 Å². The molecule has 4 amide bonds. The van der Waals surface area contributed by atoms with Crippen LogP contribution in [0.3, 0.4) is 0 Å². The second kappa shape index (κ2) is 28.6. The van der Waals surface area contributed by atoms with Gasteiger partial charge in [-0.2, -0.15) is 0 Å². The lowest BCUT2D eigenvalue weighted by Gasteiger charge is -2.37. The molecule has 18 heteroatoms. The lowest BCUT2D eigenvalue weighted by Crippen LogP contribution is -2.47. The van der Waals surface area contributed by atoms with Gasteiger partial charge in [0.1, 0.15) is 0 Å². The number of methoxy groups -OCH3 is 1. The molecule has 4 aliphatic rings. The van der Waals surface area contributed by atoms with Crippen LogP contribution in [-0.4, -0.2) is 147 Å². The molecule has 18 nitrogen and oxygen atoms in total. The highest BCUT2D eigenvalue weighted by atomic mass is 16.5. The molecule has 7 aromatic carbocycles. The van der Waals surface area contributed by atoms with Gasteiger partial charge in [-0.15, -0.1) is 0 Å². The molecular weight excluding hydrogens is 1120 g/mol. The van der Waals surface area contributed by atoms with Crippen molar-refractivity contribution in [1.82, 2.24) is 30.0 Å². The Morgan fingerprint density at radius 1 is 0.667 bits per heavy atom. The largest absolute Gasteiger partial charge is 0.465 e. The van der Waals surface area contributed by atoms with Crippen LogP contribution >= 0.6 is 0 Å². The maximum Gasteiger partial charge on any atom is 0.339 e. The van der Waals surface area contributed by atoms with Crippen LogP contribution in [0, 0.1) is 0 Å². The summed E-state index contributed by atoms with van der Waals surface area (Å²) < 4.78 is 4.87. The highest BCUT2D eigenvalue weighted by molar-refractivity contribution is 6.09. The zero-order chi connectivity index (χ0) is 61.8. The van der Waals surface area contributed by atoms with E-state index in [4.69, 9.17) is 24.7 Å². The Bertz CT molecular complexity index is 3930. The second-order valence-electron chi connectivity index (χ2n) is 23.5. The molecule has 8 aromatic rings. The molecule has 0 bridgehead atoms. The van der Waals surface area contributed by atoms with E-state index in [-0.39, 0.29) is 23.4 Å². The molecule has 2 saturated heterocycles. The average molecular weight is 1200 g/mol. The zero-order valence-electron chi connectivity index (χ0n) is 51.3. The molecule has 0 radical (unpaired) electrons. The molecule has 2 aliphatic heterocycles. The van der Waals surface area contributed by atoms with Crippen molar-refractivity contribution in [3.05, 3.63) is 216 Å². The standard InChI is InChI=1S/C72H78N14O4/c1-4-73-69(74-33-13-35-84-39-37-83(2)38-40-84)80-65-32-31-56(58-17-7-9-19-60(58)65)49-23-27-53(28-24-49)77-71(88)79-55-45-51-15-5-6-16-57(51)66(47-55)86-43-41-85(42-44-86)36-14-34-75-70-76-48-52-46-63(59-18-8-10-20-61(59)67(52)82-70)50-25-29-54(30-26-50)78-72(89)81-64-22-12-11-21-62(64)68(87)90-3/h4-12,15-30,45,47-48,56,63H,1,13-14,31-44,46H2,2-3H3,(H,73,74)(H,75,76,82)(H2,77,79,88)(H2,78,81,89). The molecule has 0 saturated carbocycles. The van der Waals surface area contributed by atoms with Crippen molar-refractivity contribution in [2.75, 3.05) is 124 Å². The number of esters is 1. The van der Waals surface area contributed by atoms with E-state index in [1.54, 1.807) is 30.5 Å². The summed E-state index contributed by atoms with van der Waals surface area (Å²) in [5.74, 6) is 0.955. The smallest absolute Gasteiger partial charge is 0.339 e. The number of para-hydroxylation sites is 1. The van der Waals surface area contributed by atoms with Crippen LogP contribution in [-0.2, 0) is 11.2 Å². The number of aromatic nitrogens is 2. The Labute approximate surface area is 526 Å². The number of anilines is 6. The lowest BCUT2D eigenvalue weighted by atomic mass is 9.78. The van der Waals surface area contributed by atoms with Gasteiger partial charge in [0.2, 0.25) is 11.9 Å². The van der Waals surface area contributed by atoms with Crippen molar-refractivity contribution < 1.29 is 19.1 Å². The number of nitrogens with zero attached hydrogens (tertiary/aromatic N) is 8. The van der Waals surface area contributed by atoms with E-state index in [0.29, 0.717) is 29.8 Å². The first-order chi connectivity index (χ1) is 44.1. The number of hydrogen-bond acceptors (Lipinski definition) is 12. The lowest BCUT2D eigenvalue weighted by molar-refractivity contribution is 0.0602. The summed E-state index contributed by atoms with van der Waals surface area (Å²) in [7, 11) is 3.49. The number of aliphatic imine (C=N–C) groups is 2. The maximum atomic E-state index is 13.7. The van der Waals surface area contributed by atoms with Crippen molar-refractivity contribution in [1.29, 1.82) is 0 Å². The van der Waals surface area contributed by atoms with Crippen LogP contribution in [0.25, 0.3) is 22.0 Å². The number of nitrogens with one attached hydrogen (secondary N) is 6. The molecule has 2 atom stereocenters. The van der Waals surface area contributed by atoms with E-state index < -0.39 is 12.0 Å². The van der Waals surface area contributed by atoms with Gasteiger partial charge in [-0.25, -0.2) is 29.3 Å². The number of hydrogen-bond donors (Lipinski definition) is 6. The third-order valence-electron chi connectivity index (χ3n) is 17.6. The number of urea groups is 2. The minimum atomic E-state index is -0.529. The highest BCUT2D eigenvalue weighted by Gasteiger charge is 2.29. The molecule has 90 heavy (non-hydrogen) atoms. The predicted molar refractivity (Wildman–Crippen MR) is 363 cm³/mol. The molecule has 2 fully saturated rings. The van der Waals surface area contributed by atoms with Crippen LogP contribution in [0.4, 0.5) is 44.0 Å². The summed E-state index contributed by atoms with van der Waals surface area (Å²) >= 11 is 0. The molecule has 2 unspecified atom stereocenters. The molecule has 3 heterocycles. The minimum absolute atomic E-state index is 0.0754. The summed E-state index contributed by atoms with van der Waals surface area (Å²) in [6.07, 6.45) is 7.97. The first-order valence-corrected chi connectivity index (χ1v) is 31.3. The van der Waals surface area contributed by atoms with Gasteiger partial charge >= 0.3 is 18.0 Å². The summed E-state index contributed by atoms with van der Waals surface area (Å²) in [4.78, 5) is 68.5. The Kier molecular flexibility index (Phi) is 19.2. The molecule has 12 rings (SSSR count). The number of benzene rings is 7. The fourth-order valence-electron chi connectivity index (χ4n) is 12.9. The number of likely N-dealkylation sites (N-methyl/N-ethyl adjacent to an activating group) is 1. The van der Waals surface area contributed by atoms with Crippen LogP contribution in [0.1, 0.15) is 81.3 Å². The Hall–Kier alpha value is -9.75. The van der Waals surface area contributed by atoms with Crippen molar-refractivity contribution in [3.63, 3.8) is 0 Å². The van der Waals surface area contributed by atoms with Crippen LogP contribution < -0.4 is 36.8 Å². The number of guanidine groups is 1. The monoisotopic (exact) mass is 1200 g/mol. The number of rotatable bonds is 18. The van der Waals surface area contributed by atoms with Gasteiger partial charge in [-0.1, -0.05) is 116 Å². The van der Waals surface area contributed by atoms with Gasteiger partial charge in [0.25, 0.3) is 0 Å². The third-order valence-corrected chi connectivity index (χ3v) is 17.6. The number of amides is 4. The van der Waals surface area contributed by atoms with E-state index in [1.807, 2.05) is 54.7 Å². The van der Waals surface area contributed by atoms with Crippen LogP contribution in [0.15, 0.2) is 187 Å². The predicted octanol–water partition coefficient (Wildman–Crippen LogP) is 12.1. The SMILES string of the molecule is C=CNC(=NCCCN1CCN(C)CC1)N=C1CCC(c2ccc(NC(=O)Nc3cc(N4CCN(CCCNc5ncc6c(n5)-c5ccccc5C(c5ccc(NC(=O)Nc7ccccc7C(=O)OC)cc5)C6)CC4)c4ccccc4c3)cc2)c2ccccc21. The van der Waals surface area contributed by atoms with Crippen molar-refractivity contribution >= 4 is 74.9 Å². The Morgan fingerprint density at radius 2 is 1.29 bits per heavy atom. The Balaban J connectivity index is 0.611. The van der Waals surface area contributed by atoms with E-state index in [2.05, 4.69) is 150 Å². The first kappa shape index (κ1) is 60.5. The first-order valence-electron chi connectivity index (χ1n) is 31.3. The van der Waals surface area contributed by atoms with Crippen LogP contribution in [0.5, 0.6) is 0 Å². The van der Waals surface area contributed by atoms with Crippen molar-refractivity contribution in [2.24, 2.45) is 9.98 Å². The molecule has 6 N–H and O–H groups in total. The Morgan fingerprint density at radius 3 is 2.02 bits per heavy atom. The quantitative estimate of drug-likeness (QED) is 0.0206. The fourth-order valence-corrected chi connectivity index (χ4v) is 12.9. The summed E-state index contributed by atoms with van der Waals surface area (Å²) in [6.45, 7) is 15.3. The number of carbonyl (C=O) groups excluding carboxylic acids is 3. The summed E-state index contributed by atoms with van der Waals surface area (Å²) in [5, 5.41) is 20.8. The van der Waals surface area contributed by atoms with Gasteiger partial charge in [0, 0.05) is 124 Å². The van der Waals surface area contributed by atoms with Crippen LogP contribution in [0.2, 0.25) is 0 Å². The van der Waals surface area contributed by atoms with Gasteiger partial charge in [0.05, 0.1) is 29.8 Å². The molecule has 0 spiro atoms. The van der Waals surface area contributed by atoms with E-state index in [1.165, 1.54) is 23.8 Å². The number of fused-ring (bicyclic) bond motifs is 5. The second-order valence-corrected chi connectivity index (χ2v) is 23.5. The molecule has 1 aromatic heterocycles. The topological polar surface area (TPSA) is 196 Å². The number of carbonyl (C=O) groups is 3.